The van der Waals surface area contributed by atoms with Crippen LogP contribution in [0.3, 0.4) is 0 Å². The molecule has 2 nitrogen and oxygen atoms in total. The van der Waals surface area contributed by atoms with Gasteiger partial charge in [-0.05, 0) is 23.8 Å². The fourth-order valence-electron chi connectivity index (χ4n) is 1.17. The number of nitrogens with zero attached hydrogens (tertiary/aromatic N) is 1. The van der Waals surface area contributed by atoms with E-state index >= 15 is 0 Å². The summed E-state index contributed by atoms with van der Waals surface area (Å²) >= 11 is 5.51. The van der Waals surface area contributed by atoms with Gasteiger partial charge in [0, 0.05) is 5.02 Å². The zero-order valence-electron chi connectivity index (χ0n) is 7.92. The molecule has 1 unspecified atom stereocenters. The smallest absolute Gasteiger partial charge is 0.387 e. The van der Waals surface area contributed by atoms with E-state index in [-0.39, 0.29) is 17.0 Å². The summed E-state index contributed by atoms with van der Waals surface area (Å²) in [6.45, 7) is 0. The number of rotatable bonds is 2. The van der Waals surface area contributed by atoms with E-state index in [1.54, 1.807) is 6.07 Å². The van der Waals surface area contributed by atoms with Gasteiger partial charge in [0.15, 0.2) is 0 Å². The first-order valence-corrected chi connectivity index (χ1v) is 4.65. The number of aliphatic hydroxyl groups excluding tert-OH is 1. The minimum atomic E-state index is -4.52. The lowest BCUT2D eigenvalue weighted by atomic mass is 10.0. The fourth-order valence-corrected chi connectivity index (χ4v) is 1.42. The Hall–Kier alpha value is -1.25. The number of alkyl halides is 3. The van der Waals surface area contributed by atoms with Gasteiger partial charge in [0.2, 0.25) is 0 Å². The predicted octanol–water partition coefficient (Wildman–Crippen LogP) is 3.31. The second kappa shape index (κ2) is 4.73. The van der Waals surface area contributed by atoms with Gasteiger partial charge in [0.25, 0.3) is 0 Å². The van der Waals surface area contributed by atoms with Gasteiger partial charge in [0.1, 0.15) is 0 Å². The largest absolute Gasteiger partial charge is 0.416 e. The van der Waals surface area contributed by atoms with Crippen molar-refractivity contribution in [2.24, 2.45) is 0 Å². The van der Waals surface area contributed by atoms with E-state index in [9.17, 15) is 18.3 Å². The Kier molecular flexibility index (Phi) is 3.79. The summed E-state index contributed by atoms with van der Waals surface area (Å²) in [5.74, 6) is 0. The minimum absolute atomic E-state index is 0.0126. The molecule has 0 heterocycles. The SMILES string of the molecule is N#CCC(O)c1cc(Cl)cc(C(F)(F)F)c1. The van der Waals surface area contributed by atoms with Gasteiger partial charge in [-0.25, -0.2) is 0 Å². The van der Waals surface area contributed by atoms with E-state index in [0.717, 1.165) is 12.1 Å². The zero-order valence-corrected chi connectivity index (χ0v) is 8.68. The second-order valence-electron chi connectivity index (χ2n) is 3.15. The van der Waals surface area contributed by atoms with Crippen LogP contribution in [0.4, 0.5) is 13.2 Å². The maximum Gasteiger partial charge on any atom is 0.416 e. The molecule has 1 rings (SSSR count). The molecule has 0 amide bonds. The molecular weight excluding hydrogens is 243 g/mol. The lowest BCUT2D eigenvalue weighted by Crippen LogP contribution is -2.07. The van der Waals surface area contributed by atoms with Crippen molar-refractivity contribution in [3.63, 3.8) is 0 Å². The first-order valence-electron chi connectivity index (χ1n) is 4.27. The molecule has 86 valence electrons. The van der Waals surface area contributed by atoms with E-state index in [2.05, 4.69) is 0 Å². The maximum atomic E-state index is 12.4. The molecule has 1 aromatic rings. The van der Waals surface area contributed by atoms with Crippen molar-refractivity contribution >= 4 is 11.6 Å². The van der Waals surface area contributed by atoms with Gasteiger partial charge < -0.3 is 5.11 Å². The van der Waals surface area contributed by atoms with Crippen molar-refractivity contribution in [2.75, 3.05) is 0 Å². The Bertz CT molecular complexity index is 425. The van der Waals surface area contributed by atoms with Crippen LogP contribution in [0.2, 0.25) is 5.02 Å². The molecule has 16 heavy (non-hydrogen) atoms. The van der Waals surface area contributed by atoms with Crippen LogP contribution >= 0.6 is 11.6 Å². The molecule has 0 saturated carbocycles. The normalized spacial score (nSPS) is 13.2. The molecular formula is C10H7ClF3NO. The van der Waals surface area contributed by atoms with Crippen molar-refractivity contribution in [1.82, 2.24) is 0 Å². The van der Waals surface area contributed by atoms with E-state index in [1.165, 1.54) is 6.07 Å². The highest BCUT2D eigenvalue weighted by molar-refractivity contribution is 6.30. The first-order chi connectivity index (χ1) is 7.34. The van der Waals surface area contributed by atoms with Crippen molar-refractivity contribution in [2.45, 2.75) is 18.7 Å². The highest BCUT2D eigenvalue weighted by Gasteiger charge is 2.31. The topological polar surface area (TPSA) is 44.0 Å². The van der Waals surface area contributed by atoms with E-state index in [0.29, 0.717) is 0 Å². The van der Waals surface area contributed by atoms with Crippen molar-refractivity contribution in [1.29, 1.82) is 5.26 Å². The Labute approximate surface area is 94.9 Å². The van der Waals surface area contributed by atoms with Crippen molar-refractivity contribution in [3.05, 3.63) is 34.3 Å². The van der Waals surface area contributed by atoms with Crippen LogP contribution < -0.4 is 0 Å². The number of nitriles is 1. The van der Waals surface area contributed by atoms with Crippen LogP contribution in [0, 0.1) is 11.3 Å². The summed E-state index contributed by atoms with van der Waals surface area (Å²) in [6.07, 6.45) is -6.06. The summed E-state index contributed by atoms with van der Waals surface area (Å²) < 4.78 is 37.2. The molecule has 1 atom stereocenters. The summed E-state index contributed by atoms with van der Waals surface area (Å²) in [4.78, 5) is 0. The van der Waals surface area contributed by atoms with E-state index < -0.39 is 17.8 Å². The highest BCUT2D eigenvalue weighted by Crippen LogP contribution is 2.33. The summed E-state index contributed by atoms with van der Waals surface area (Å²) in [5, 5.41) is 17.6. The Balaban J connectivity index is 3.14. The zero-order chi connectivity index (χ0) is 12.3. The molecule has 0 aliphatic heterocycles. The van der Waals surface area contributed by atoms with Crippen LogP contribution in [0.5, 0.6) is 0 Å². The number of hydrogen-bond acceptors (Lipinski definition) is 2. The van der Waals surface area contributed by atoms with E-state index in [1.807, 2.05) is 0 Å². The Morgan fingerprint density at radius 1 is 1.38 bits per heavy atom. The Morgan fingerprint density at radius 3 is 2.50 bits per heavy atom. The molecule has 0 radical (unpaired) electrons. The lowest BCUT2D eigenvalue weighted by Gasteiger charge is -2.12. The number of halogens is 4. The third kappa shape index (κ3) is 3.12. The third-order valence-electron chi connectivity index (χ3n) is 1.92. The minimum Gasteiger partial charge on any atom is -0.387 e. The van der Waals surface area contributed by atoms with Crippen molar-refractivity contribution in [3.8, 4) is 6.07 Å². The lowest BCUT2D eigenvalue weighted by molar-refractivity contribution is -0.137. The van der Waals surface area contributed by atoms with E-state index in [4.69, 9.17) is 16.9 Å². The molecule has 0 fully saturated rings. The van der Waals surface area contributed by atoms with Crippen LogP contribution in [0.15, 0.2) is 18.2 Å². The van der Waals surface area contributed by atoms with Gasteiger partial charge in [0.05, 0.1) is 24.2 Å². The molecule has 0 spiro atoms. The second-order valence-corrected chi connectivity index (χ2v) is 3.59. The Morgan fingerprint density at radius 2 is 2.00 bits per heavy atom. The molecule has 0 aliphatic carbocycles. The third-order valence-corrected chi connectivity index (χ3v) is 2.14. The molecule has 6 heteroatoms. The van der Waals surface area contributed by atoms with Crippen LogP contribution in [0.1, 0.15) is 23.7 Å². The van der Waals surface area contributed by atoms with Gasteiger partial charge in [-0.3, -0.25) is 0 Å². The van der Waals surface area contributed by atoms with Crippen LogP contribution in [0.25, 0.3) is 0 Å². The predicted molar refractivity (Wildman–Crippen MR) is 51.6 cm³/mol. The molecule has 1 N–H and O–H groups in total. The van der Waals surface area contributed by atoms with Gasteiger partial charge in [-0.1, -0.05) is 11.6 Å². The number of aliphatic hydroxyl groups is 1. The fraction of sp³-hybridized carbons (Fsp3) is 0.300. The number of hydrogen-bond donors (Lipinski definition) is 1. The average molecular weight is 250 g/mol. The summed E-state index contributed by atoms with van der Waals surface area (Å²) in [6, 6.07) is 4.43. The van der Waals surface area contributed by atoms with Crippen LogP contribution in [-0.2, 0) is 6.18 Å². The van der Waals surface area contributed by atoms with Gasteiger partial charge in [-0.2, -0.15) is 18.4 Å². The molecule has 1 aromatic carbocycles. The quantitative estimate of drug-likeness (QED) is 0.874. The average Bonchev–Trinajstić information content (AvgIpc) is 2.16. The number of benzene rings is 1. The maximum absolute atomic E-state index is 12.4. The molecule has 0 bridgehead atoms. The van der Waals surface area contributed by atoms with Crippen molar-refractivity contribution < 1.29 is 18.3 Å². The van der Waals surface area contributed by atoms with Gasteiger partial charge in [-0.15, -0.1) is 0 Å². The molecule has 0 aliphatic rings. The summed E-state index contributed by atoms with van der Waals surface area (Å²) in [5.41, 5.74) is -0.951. The standard InChI is InChI=1S/C10H7ClF3NO/c11-8-4-6(9(16)1-2-15)3-7(5-8)10(12,13)14/h3-5,9,16H,1H2. The van der Waals surface area contributed by atoms with Crippen LogP contribution in [-0.4, -0.2) is 5.11 Å². The monoisotopic (exact) mass is 249 g/mol. The molecule has 0 aromatic heterocycles. The first kappa shape index (κ1) is 12.8. The highest BCUT2D eigenvalue weighted by atomic mass is 35.5. The molecule has 0 saturated heterocycles. The van der Waals surface area contributed by atoms with Gasteiger partial charge >= 0.3 is 6.18 Å². The summed E-state index contributed by atoms with van der Waals surface area (Å²) in [7, 11) is 0.